The lowest BCUT2D eigenvalue weighted by Crippen LogP contribution is -2.41. The fraction of sp³-hybridized carbons (Fsp3) is 0.500. The molecule has 18 heavy (non-hydrogen) atoms. The van der Waals surface area contributed by atoms with Crippen molar-refractivity contribution in [3.63, 3.8) is 0 Å². The molecule has 0 saturated heterocycles. The fourth-order valence-electron chi connectivity index (χ4n) is 2.48. The first kappa shape index (κ1) is 11.5. The second kappa shape index (κ2) is 4.28. The standard InChI is InChI=1S/C14H18N2O2/c15-10-14(6-7-14)13(17)16-8-3-9-18-12-5-2-1-4-11(12)16/h1-2,4-5H,3,6-10,15H2. The van der Waals surface area contributed by atoms with Gasteiger partial charge in [0.25, 0.3) is 0 Å². The van der Waals surface area contributed by atoms with Gasteiger partial charge in [-0.05, 0) is 31.4 Å². The molecule has 3 rings (SSSR count). The second-order valence-electron chi connectivity index (χ2n) is 5.11. The molecule has 1 heterocycles. The topological polar surface area (TPSA) is 55.6 Å². The van der Waals surface area contributed by atoms with Crippen molar-refractivity contribution in [3.05, 3.63) is 24.3 Å². The normalized spacial score (nSPS) is 20.6. The van der Waals surface area contributed by atoms with Crippen molar-refractivity contribution in [1.82, 2.24) is 0 Å². The van der Waals surface area contributed by atoms with Crippen molar-refractivity contribution >= 4 is 11.6 Å². The first-order chi connectivity index (χ1) is 8.77. The Morgan fingerprint density at radius 3 is 2.89 bits per heavy atom. The number of ether oxygens (including phenoxy) is 1. The minimum atomic E-state index is -0.294. The van der Waals surface area contributed by atoms with Gasteiger partial charge in [-0.25, -0.2) is 0 Å². The Balaban J connectivity index is 1.94. The van der Waals surface area contributed by atoms with Crippen LogP contribution in [0.25, 0.3) is 0 Å². The molecule has 1 aromatic carbocycles. The lowest BCUT2D eigenvalue weighted by atomic mass is 10.0. The lowest BCUT2D eigenvalue weighted by molar-refractivity contribution is -0.123. The third-order valence-electron chi connectivity index (χ3n) is 3.88. The van der Waals surface area contributed by atoms with Gasteiger partial charge in [-0.3, -0.25) is 4.79 Å². The van der Waals surface area contributed by atoms with E-state index in [1.165, 1.54) is 0 Å². The van der Waals surface area contributed by atoms with Gasteiger partial charge in [0.1, 0.15) is 5.75 Å². The van der Waals surface area contributed by atoms with Crippen molar-refractivity contribution in [3.8, 4) is 5.75 Å². The Morgan fingerprint density at radius 2 is 2.17 bits per heavy atom. The molecule has 4 heteroatoms. The molecule has 1 aliphatic carbocycles. The monoisotopic (exact) mass is 246 g/mol. The highest BCUT2D eigenvalue weighted by Crippen LogP contribution is 2.47. The molecule has 0 bridgehead atoms. The van der Waals surface area contributed by atoms with Crippen LogP contribution in [0, 0.1) is 5.41 Å². The number of nitrogens with zero attached hydrogens (tertiary/aromatic N) is 1. The maximum atomic E-state index is 12.6. The van der Waals surface area contributed by atoms with E-state index in [9.17, 15) is 4.79 Å². The number of nitrogens with two attached hydrogens (primary N) is 1. The van der Waals surface area contributed by atoms with Crippen LogP contribution in [0.4, 0.5) is 5.69 Å². The number of rotatable bonds is 2. The molecule has 0 atom stereocenters. The minimum Gasteiger partial charge on any atom is -0.491 e. The number of hydrogen-bond donors (Lipinski definition) is 1. The summed E-state index contributed by atoms with van der Waals surface area (Å²) in [7, 11) is 0. The fourth-order valence-corrected chi connectivity index (χ4v) is 2.48. The maximum absolute atomic E-state index is 12.6. The van der Waals surface area contributed by atoms with Crippen LogP contribution in [-0.4, -0.2) is 25.6 Å². The van der Waals surface area contributed by atoms with Crippen molar-refractivity contribution in [1.29, 1.82) is 0 Å². The molecule has 2 N–H and O–H groups in total. The summed E-state index contributed by atoms with van der Waals surface area (Å²) in [6, 6.07) is 7.74. The molecule has 96 valence electrons. The van der Waals surface area contributed by atoms with Gasteiger partial charge < -0.3 is 15.4 Å². The van der Waals surface area contributed by atoms with Gasteiger partial charge in [-0.15, -0.1) is 0 Å². The zero-order valence-corrected chi connectivity index (χ0v) is 10.4. The second-order valence-corrected chi connectivity index (χ2v) is 5.11. The summed E-state index contributed by atoms with van der Waals surface area (Å²) in [6.45, 7) is 1.83. The first-order valence-electron chi connectivity index (χ1n) is 6.51. The Morgan fingerprint density at radius 1 is 1.39 bits per heavy atom. The van der Waals surface area contributed by atoms with E-state index in [0.29, 0.717) is 13.2 Å². The van der Waals surface area contributed by atoms with E-state index < -0.39 is 0 Å². The predicted molar refractivity (Wildman–Crippen MR) is 69.6 cm³/mol. The summed E-state index contributed by atoms with van der Waals surface area (Å²) in [5.41, 5.74) is 6.35. The van der Waals surface area contributed by atoms with E-state index in [1.807, 2.05) is 29.2 Å². The average Bonchev–Trinajstić information content (AvgIpc) is 3.22. The molecule has 1 aromatic rings. The molecule has 0 radical (unpaired) electrons. The summed E-state index contributed by atoms with van der Waals surface area (Å²) in [5, 5.41) is 0. The molecule has 1 fully saturated rings. The molecule has 4 nitrogen and oxygen atoms in total. The van der Waals surface area contributed by atoms with Gasteiger partial charge in [0.2, 0.25) is 5.91 Å². The van der Waals surface area contributed by atoms with Crippen LogP contribution < -0.4 is 15.4 Å². The van der Waals surface area contributed by atoms with Crippen LogP contribution in [0.2, 0.25) is 0 Å². The Hall–Kier alpha value is -1.55. The van der Waals surface area contributed by atoms with Gasteiger partial charge in [-0.1, -0.05) is 12.1 Å². The lowest BCUT2D eigenvalue weighted by Gasteiger charge is -2.26. The van der Waals surface area contributed by atoms with Crippen LogP contribution in [0.1, 0.15) is 19.3 Å². The smallest absolute Gasteiger partial charge is 0.234 e. The molecule has 0 unspecified atom stereocenters. The van der Waals surface area contributed by atoms with Crippen LogP contribution in [0.5, 0.6) is 5.75 Å². The summed E-state index contributed by atoms with van der Waals surface area (Å²) in [6.07, 6.45) is 2.70. The summed E-state index contributed by atoms with van der Waals surface area (Å²) < 4.78 is 5.67. The van der Waals surface area contributed by atoms with Gasteiger partial charge in [-0.2, -0.15) is 0 Å². The number of carbonyl (C=O) groups is 1. The predicted octanol–water partition coefficient (Wildman–Crippen LogP) is 1.54. The van der Waals surface area contributed by atoms with E-state index >= 15 is 0 Å². The van der Waals surface area contributed by atoms with E-state index in [1.54, 1.807) is 0 Å². The van der Waals surface area contributed by atoms with Gasteiger partial charge in [0, 0.05) is 13.1 Å². The van der Waals surface area contributed by atoms with Crippen LogP contribution in [-0.2, 0) is 4.79 Å². The highest BCUT2D eigenvalue weighted by molar-refractivity contribution is 6.00. The van der Waals surface area contributed by atoms with Crippen LogP contribution in [0.3, 0.4) is 0 Å². The van der Waals surface area contributed by atoms with Crippen molar-refractivity contribution in [2.45, 2.75) is 19.3 Å². The third kappa shape index (κ3) is 1.77. The number of carbonyl (C=O) groups excluding carboxylic acids is 1. The first-order valence-corrected chi connectivity index (χ1v) is 6.51. The molecule has 2 aliphatic rings. The van der Waals surface area contributed by atoms with E-state index in [0.717, 1.165) is 37.2 Å². The molecule has 1 aliphatic heterocycles. The van der Waals surface area contributed by atoms with Crippen molar-refractivity contribution in [2.24, 2.45) is 11.1 Å². The zero-order valence-electron chi connectivity index (χ0n) is 10.4. The SMILES string of the molecule is NCC1(C(=O)N2CCCOc3ccccc32)CC1. The van der Waals surface area contributed by atoms with Gasteiger partial charge in [0.05, 0.1) is 17.7 Å². The number of fused-ring (bicyclic) bond motifs is 1. The summed E-state index contributed by atoms with van der Waals surface area (Å²) in [4.78, 5) is 14.5. The maximum Gasteiger partial charge on any atom is 0.234 e. The Kier molecular flexibility index (Phi) is 2.74. The summed E-state index contributed by atoms with van der Waals surface area (Å²) >= 11 is 0. The molecule has 0 spiro atoms. The number of hydrogen-bond acceptors (Lipinski definition) is 3. The van der Waals surface area contributed by atoms with Gasteiger partial charge >= 0.3 is 0 Å². The molecule has 1 saturated carbocycles. The Bertz CT molecular complexity index is 469. The van der Waals surface area contributed by atoms with E-state index in [2.05, 4.69) is 0 Å². The van der Waals surface area contributed by atoms with Crippen LogP contribution in [0.15, 0.2) is 24.3 Å². The van der Waals surface area contributed by atoms with Gasteiger partial charge in [0.15, 0.2) is 0 Å². The number of para-hydroxylation sites is 2. The summed E-state index contributed by atoms with van der Waals surface area (Å²) in [5.74, 6) is 0.971. The number of anilines is 1. The number of benzene rings is 1. The molecular weight excluding hydrogens is 228 g/mol. The van der Waals surface area contributed by atoms with Crippen molar-refractivity contribution in [2.75, 3.05) is 24.6 Å². The van der Waals surface area contributed by atoms with E-state index in [4.69, 9.17) is 10.5 Å². The third-order valence-corrected chi connectivity index (χ3v) is 3.88. The quantitative estimate of drug-likeness (QED) is 0.861. The van der Waals surface area contributed by atoms with E-state index in [-0.39, 0.29) is 11.3 Å². The highest BCUT2D eigenvalue weighted by atomic mass is 16.5. The zero-order chi connectivity index (χ0) is 12.6. The van der Waals surface area contributed by atoms with Crippen LogP contribution >= 0.6 is 0 Å². The highest BCUT2D eigenvalue weighted by Gasteiger charge is 2.51. The molecule has 0 aromatic heterocycles. The largest absolute Gasteiger partial charge is 0.491 e. The molecular formula is C14H18N2O2. The van der Waals surface area contributed by atoms with Crippen molar-refractivity contribution < 1.29 is 9.53 Å². The molecule has 1 amide bonds. The average molecular weight is 246 g/mol. The minimum absolute atomic E-state index is 0.169. The Labute approximate surface area is 107 Å². The number of amides is 1.